The number of carbonyl (C=O) groups is 1. The predicted molar refractivity (Wildman–Crippen MR) is 64.3 cm³/mol. The lowest BCUT2D eigenvalue weighted by molar-refractivity contribution is -0.115. The van der Waals surface area contributed by atoms with Gasteiger partial charge in [0.2, 0.25) is 0 Å². The van der Waals surface area contributed by atoms with Crippen LogP contribution in [0.3, 0.4) is 0 Å². The first-order chi connectivity index (χ1) is 7.96. The third-order valence-electron chi connectivity index (χ3n) is 2.70. The fourth-order valence-corrected chi connectivity index (χ4v) is 1.94. The molecular formula is C10H18Cl2O5. The first kappa shape index (κ1) is 17.1. The summed E-state index contributed by atoms with van der Waals surface area (Å²) in [4.78, 5) is 10.9. The number of rotatable bonds is 9. The van der Waals surface area contributed by atoms with Crippen molar-refractivity contribution in [2.75, 3.05) is 18.4 Å². The van der Waals surface area contributed by atoms with Crippen molar-refractivity contribution in [3.63, 3.8) is 0 Å². The highest BCUT2D eigenvalue weighted by Gasteiger charge is 2.31. The number of aliphatic hydroxyl groups is 4. The SMILES string of the molecule is O=CC(CCl)(CCl)CCC(O)C(O)C(O)CO. The molecular weight excluding hydrogens is 271 g/mol. The second-order valence-electron chi connectivity index (χ2n) is 4.09. The third kappa shape index (κ3) is 5.07. The zero-order chi connectivity index (χ0) is 13.5. The molecule has 0 bridgehead atoms. The highest BCUT2D eigenvalue weighted by atomic mass is 35.5. The zero-order valence-electron chi connectivity index (χ0n) is 9.30. The minimum absolute atomic E-state index is 0.0192. The number of aldehydes is 1. The Labute approximate surface area is 110 Å². The van der Waals surface area contributed by atoms with Gasteiger partial charge in [-0.15, -0.1) is 23.2 Å². The van der Waals surface area contributed by atoms with Crippen LogP contribution in [0.5, 0.6) is 0 Å². The molecule has 0 aromatic heterocycles. The molecule has 0 radical (unpaired) electrons. The first-order valence-electron chi connectivity index (χ1n) is 5.19. The summed E-state index contributed by atoms with van der Waals surface area (Å²) < 4.78 is 0. The Kier molecular flexibility index (Phi) is 8.28. The van der Waals surface area contributed by atoms with E-state index in [4.69, 9.17) is 33.4 Å². The van der Waals surface area contributed by atoms with Crippen molar-refractivity contribution in [1.29, 1.82) is 0 Å². The summed E-state index contributed by atoms with van der Waals surface area (Å²) >= 11 is 11.3. The van der Waals surface area contributed by atoms with E-state index >= 15 is 0 Å². The quantitative estimate of drug-likeness (QED) is 0.339. The minimum Gasteiger partial charge on any atom is -0.394 e. The third-order valence-corrected chi connectivity index (χ3v) is 3.76. The summed E-state index contributed by atoms with van der Waals surface area (Å²) in [7, 11) is 0. The van der Waals surface area contributed by atoms with Crippen LogP contribution in [0.15, 0.2) is 0 Å². The molecule has 102 valence electrons. The average molecular weight is 289 g/mol. The lowest BCUT2D eigenvalue weighted by atomic mass is 9.86. The van der Waals surface area contributed by atoms with Gasteiger partial charge in [-0.1, -0.05) is 0 Å². The van der Waals surface area contributed by atoms with Crippen LogP contribution < -0.4 is 0 Å². The molecule has 0 aliphatic heterocycles. The second kappa shape index (κ2) is 8.24. The van der Waals surface area contributed by atoms with Crippen LogP contribution >= 0.6 is 23.2 Å². The summed E-state index contributed by atoms with van der Waals surface area (Å²) in [5, 5.41) is 36.7. The summed E-state index contributed by atoms with van der Waals surface area (Å²) in [6.45, 7) is -0.651. The van der Waals surface area contributed by atoms with E-state index in [0.717, 1.165) is 0 Å². The molecule has 0 aliphatic rings. The topological polar surface area (TPSA) is 98.0 Å². The lowest BCUT2D eigenvalue weighted by Gasteiger charge is -2.26. The van der Waals surface area contributed by atoms with E-state index in [1.807, 2.05) is 0 Å². The summed E-state index contributed by atoms with van der Waals surface area (Å²) in [5.41, 5.74) is -0.937. The number of carbonyl (C=O) groups excluding carboxylic acids is 1. The molecule has 0 aliphatic carbocycles. The summed E-state index contributed by atoms with van der Waals surface area (Å²) in [6.07, 6.45) is -3.24. The lowest BCUT2D eigenvalue weighted by Crippen LogP contribution is -2.40. The molecule has 5 nitrogen and oxygen atoms in total. The average Bonchev–Trinajstić information content (AvgIpc) is 2.38. The van der Waals surface area contributed by atoms with Crippen LogP contribution in [-0.4, -0.2) is 63.4 Å². The van der Waals surface area contributed by atoms with Crippen molar-refractivity contribution in [3.05, 3.63) is 0 Å². The fraction of sp³-hybridized carbons (Fsp3) is 0.900. The van der Waals surface area contributed by atoms with Gasteiger partial charge in [-0.2, -0.15) is 0 Å². The smallest absolute Gasteiger partial charge is 0.128 e. The number of halogens is 2. The largest absolute Gasteiger partial charge is 0.394 e. The molecule has 3 atom stereocenters. The number of hydrogen-bond donors (Lipinski definition) is 4. The van der Waals surface area contributed by atoms with Crippen molar-refractivity contribution in [1.82, 2.24) is 0 Å². The maximum atomic E-state index is 10.9. The Morgan fingerprint density at radius 1 is 1.12 bits per heavy atom. The van der Waals surface area contributed by atoms with E-state index < -0.39 is 30.3 Å². The molecule has 7 heteroatoms. The van der Waals surface area contributed by atoms with Gasteiger partial charge in [-0.05, 0) is 12.8 Å². The monoisotopic (exact) mass is 288 g/mol. The number of alkyl halides is 2. The highest BCUT2D eigenvalue weighted by molar-refractivity contribution is 6.23. The van der Waals surface area contributed by atoms with Crippen LogP contribution in [0.25, 0.3) is 0 Å². The van der Waals surface area contributed by atoms with Crippen molar-refractivity contribution in [3.8, 4) is 0 Å². The normalized spacial score (nSPS) is 17.5. The molecule has 0 aromatic carbocycles. The maximum absolute atomic E-state index is 10.9. The molecule has 17 heavy (non-hydrogen) atoms. The first-order valence-corrected chi connectivity index (χ1v) is 6.26. The van der Waals surface area contributed by atoms with E-state index in [2.05, 4.69) is 0 Å². The molecule has 4 N–H and O–H groups in total. The van der Waals surface area contributed by atoms with Crippen molar-refractivity contribution in [2.45, 2.75) is 31.2 Å². The molecule has 0 heterocycles. The number of hydrogen-bond acceptors (Lipinski definition) is 5. The Morgan fingerprint density at radius 2 is 1.65 bits per heavy atom. The summed E-state index contributed by atoms with van der Waals surface area (Å²) in [6, 6.07) is 0. The van der Waals surface area contributed by atoms with Crippen LogP contribution in [0.2, 0.25) is 0 Å². The molecule has 0 rings (SSSR count). The van der Waals surface area contributed by atoms with Gasteiger partial charge < -0.3 is 25.2 Å². The Morgan fingerprint density at radius 3 is 2.00 bits per heavy atom. The predicted octanol–water partition coefficient (Wildman–Crippen LogP) is -0.496. The van der Waals surface area contributed by atoms with E-state index in [-0.39, 0.29) is 24.6 Å². The molecule has 0 saturated carbocycles. The molecule has 0 spiro atoms. The van der Waals surface area contributed by atoms with Crippen molar-refractivity contribution in [2.24, 2.45) is 5.41 Å². The van der Waals surface area contributed by atoms with Gasteiger partial charge in [0.25, 0.3) is 0 Å². The number of aliphatic hydroxyl groups excluding tert-OH is 4. The van der Waals surface area contributed by atoms with Gasteiger partial charge in [0.05, 0.1) is 18.1 Å². The minimum atomic E-state index is -1.46. The maximum Gasteiger partial charge on any atom is 0.128 e. The molecule has 0 saturated heterocycles. The Bertz CT molecular complexity index is 223. The Balaban J connectivity index is 4.30. The van der Waals surface area contributed by atoms with E-state index in [9.17, 15) is 15.0 Å². The van der Waals surface area contributed by atoms with Gasteiger partial charge in [-0.3, -0.25) is 0 Å². The van der Waals surface area contributed by atoms with Gasteiger partial charge in [0, 0.05) is 11.8 Å². The van der Waals surface area contributed by atoms with Gasteiger partial charge >= 0.3 is 0 Å². The summed E-state index contributed by atoms with van der Waals surface area (Å²) in [5.74, 6) is 0.0384. The molecule has 0 aromatic rings. The Hall–Kier alpha value is 0.0900. The highest BCUT2D eigenvalue weighted by Crippen LogP contribution is 2.26. The molecule has 3 unspecified atom stereocenters. The van der Waals surface area contributed by atoms with Crippen LogP contribution in [-0.2, 0) is 4.79 Å². The van der Waals surface area contributed by atoms with Gasteiger partial charge in [0.1, 0.15) is 18.5 Å². The zero-order valence-corrected chi connectivity index (χ0v) is 10.8. The van der Waals surface area contributed by atoms with Crippen LogP contribution in [0, 0.1) is 5.41 Å². The second-order valence-corrected chi connectivity index (χ2v) is 4.63. The van der Waals surface area contributed by atoms with E-state index in [1.54, 1.807) is 0 Å². The van der Waals surface area contributed by atoms with Gasteiger partial charge in [-0.25, -0.2) is 0 Å². The van der Waals surface area contributed by atoms with Crippen molar-refractivity contribution >= 4 is 29.5 Å². The van der Waals surface area contributed by atoms with E-state index in [1.165, 1.54) is 0 Å². The van der Waals surface area contributed by atoms with Crippen LogP contribution in [0.4, 0.5) is 0 Å². The fourth-order valence-electron chi connectivity index (χ4n) is 1.26. The molecule has 0 amide bonds. The van der Waals surface area contributed by atoms with Gasteiger partial charge in [0.15, 0.2) is 0 Å². The molecule has 0 fully saturated rings. The standard InChI is InChI=1S/C10H18Cl2O5/c11-4-10(5-12,6-14)2-1-7(15)9(17)8(16)3-13/h6-9,13,15-17H,1-5H2. The van der Waals surface area contributed by atoms with E-state index in [0.29, 0.717) is 6.29 Å². The van der Waals surface area contributed by atoms with Crippen LogP contribution in [0.1, 0.15) is 12.8 Å². The van der Waals surface area contributed by atoms with Crippen molar-refractivity contribution < 1.29 is 25.2 Å².